The smallest absolute Gasteiger partial charge is 0.240 e. The van der Waals surface area contributed by atoms with Crippen LogP contribution in [0.5, 0.6) is 0 Å². The quantitative estimate of drug-likeness (QED) is 0.741. The van der Waals surface area contributed by atoms with E-state index in [0.717, 1.165) is 25.8 Å². The lowest BCUT2D eigenvalue weighted by molar-refractivity contribution is -0.125. The van der Waals surface area contributed by atoms with Crippen LogP contribution in [0.2, 0.25) is 0 Å². The van der Waals surface area contributed by atoms with Crippen molar-refractivity contribution in [3.8, 4) is 6.07 Å². The lowest BCUT2D eigenvalue weighted by Crippen LogP contribution is -2.45. The molecule has 3 aliphatic rings. The van der Waals surface area contributed by atoms with Gasteiger partial charge in [-0.05, 0) is 38.6 Å². The van der Waals surface area contributed by atoms with Crippen LogP contribution in [-0.4, -0.2) is 36.0 Å². The molecule has 0 spiro atoms. The highest BCUT2D eigenvalue weighted by Crippen LogP contribution is 2.45. The van der Waals surface area contributed by atoms with E-state index in [4.69, 9.17) is 5.26 Å². The van der Waals surface area contributed by atoms with Gasteiger partial charge in [-0.2, -0.15) is 5.26 Å². The number of fused-ring (bicyclic) bond motifs is 1. The topological polar surface area (TPSA) is 56.1 Å². The lowest BCUT2D eigenvalue weighted by atomic mass is 10.0. The minimum atomic E-state index is -0.661. The second-order valence-electron chi connectivity index (χ2n) is 5.31. The molecule has 0 aromatic carbocycles. The molecule has 0 radical (unpaired) electrons. The van der Waals surface area contributed by atoms with Gasteiger partial charge in [0.05, 0.1) is 6.07 Å². The molecular formula is C12H17N3O. The Morgan fingerprint density at radius 3 is 2.88 bits per heavy atom. The Labute approximate surface area is 95.6 Å². The molecule has 2 heterocycles. The molecule has 1 aliphatic carbocycles. The van der Waals surface area contributed by atoms with Crippen LogP contribution in [0.15, 0.2) is 0 Å². The average molecular weight is 219 g/mol. The highest BCUT2D eigenvalue weighted by atomic mass is 16.2. The minimum absolute atomic E-state index is 0.0197. The number of carbonyl (C=O) groups is 1. The van der Waals surface area contributed by atoms with Gasteiger partial charge >= 0.3 is 0 Å². The van der Waals surface area contributed by atoms with Gasteiger partial charge in [-0.1, -0.05) is 0 Å². The predicted octanol–water partition coefficient (Wildman–Crippen LogP) is 0.643. The molecule has 86 valence electrons. The van der Waals surface area contributed by atoms with E-state index >= 15 is 0 Å². The summed E-state index contributed by atoms with van der Waals surface area (Å²) in [6.07, 6.45) is 5.00. The Balaban J connectivity index is 1.63. The number of hydrogen-bond donors (Lipinski definition) is 1. The van der Waals surface area contributed by atoms with Gasteiger partial charge in [-0.3, -0.25) is 9.69 Å². The highest BCUT2D eigenvalue weighted by molar-refractivity contribution is 5.88. The van der Waals surface area contributed by atoms with Crippen molar-refractivity contribution in [3.63, 3.8) is 0 Å². The summed E-state index contributed by atoms with van der Waals surface area (Å²) in [5, 5.41) is 12.1. The number of rotatable bonds is 2. The molecule has 2 saturated heterocycles. The van der Waals surface area contributed by atoms with Crippen LogP contribution in [0.4, 0.5) is 0 Å². The summed E-state index contributed by atoms with van der Waals surface area (Å²) in [5.41, 5.74) is -0.661. The first kappa shape index (κ1) is 10.1. The van der Waals surface area contributed by atoms with Crippen molar-refractivity contribution in [2.75, 3.05) is 13.1 Å². The fraction of sp³-hybridized carbons (Fsp3) is 0.833. The molecule has 4 nitrogen and oxygen atoms in total. The summed E-state index contributed by atoms with van der Waals surface area (Å²) in [7, 11) is 0. The summed E-state index contributed by atoms with van der Waals surface area (Å²) in [4.78, 5) is 14.4. The third-order valence-electron chi connectivity index (χ3n) is 4.32. The number of hydrogen-bond acceptors (Lipinski definition) is 3. The molecule has 2 atom stereocenters. The molecule has 2 aliphatic heterocycles. The fourth-order valence-corrected chi connectivity index (χ4v) is 3.07. The van der Waals surface area contributed by atoms with Gasteiger partial charge < -0.3 is 5.32 Å². The zero-order valence-electron chi connectivity index (χ0n) is 9.41. The van der Waals surface area contributed by atoms with Crippen LogP contribution in [0.1, 0.15) is 32.1 Å². The molecule has 2 unspecified atom stereocenters. The maximum Gasteiger partial charge on any atom is 0.240 e. The standard InChI is InChI=1S/C12H17N3O/c13-8-12(4-5-12)11(16)14-9-3-7-15-6-1-2-10(9)15/h9-10H,1-7H2,(H,14,16). The normalized spacial score (nSPS) is 35.4. The van der Waals surface area contributed by atoms with Crippen LogP contribution >= 0.6 is 0 Å². The van der Waals surface area contributed by atoms with Gasteiger partial charge in [0.25, 0.3) is 0 Å². The molecular weight excluding hydrogens is 202 g/mol. The first-order valence-corrected chi connectivity index (χ1v) is 6.21. The minimum Gasteiger partial charge on any atom is -0.350 e. The van der Waals surface area contributed by atoms with Crippen LogP contribution in [0.3, 0.4) is 0 Å². The first-order valence-electron chi connectivity index (χ1n) is 6.21. The van der Waals surface area contributed by atoms with Gasteiger partial charge in [0.15, 0.2) is 0 Å². The monoisotopic (exact) mass is 219 g/mol. The summed E-state index contributed by atoms with van der Waals surface area (Å²) in [6, 6.07) is 2.99. The maximum absolute atomic E-state index is 12.0. The first-order chi connectivity index (χ1) is 7.75. The molecule has 16 heavy (non-hydrogen) atoms. The molecule has 0 bridgehead atoms. The zero-order valence-corrected chi connectivity index (χ0v) is 9.41. The van der Waals surface area contributed by atoms with E-state index in [2.05, 4.69) is 16.3 Å². The summed E-state index contributed by atoms with van der Waals surface area (Å²) in [6.45, 7) is 2.29. The lowest BCUT2D eigenvalue weighted by Gasteiger charge is -2.22. The average Bonchev–Trinajstić information content (AvgIpc) is 2.80. The van der Waals surface area contributed by atoms with Crippen molar-refractivity contribution in [1.29, 1.82) is 5.26 Å². The van der Waals surface area contributed by atoms with E-state index in [9.17, 15) is 4.79 Å². The Kier molecular flexibility index (Phi) is 2.18. The van der Waals surface area contributed by atoms with Gasteiger partial charge in [0.1, 0.15) is 5.41 Å². The summed E-state index contributed by atoms with van der Waals surface area (Å²) < 4.78 is 0. The van der Waals surface area contributed by atoms with Crippen LogP contribution in [0.25, 0.3) is 0 Å². The van der Waals surface area contributed by atoms with Crippen molar-refractivity contribution in [1.82, 2.24) is 10.2 Å². The fourth-order valence-electron chi connectivity index (χ4n) is 3.07. The number of amides is 1. The van der Waals surface area contributed by atoms with E-state index in [1.54, 1.807) is 0 Å². The SMILES string of the molecule is N#CC1(C(=O)NC2CCN3CCCC23)CC1. The van der Waals surface area contributed by atoms with Crippen LogP contribution < -0.4 is 5.32 Å². The van der Waals surface area contributed by atoms with Crippen LogP contribution in [0, 0.1) is 16.7 Å². The Morgan fingerprint density at radius 1 is 1.38 bits per heavy atom. The second-order valence-corrected chi connectivity index (χ2v) is 5.31. The summed E-state index contributed by atoms with van der Waals surface area (Å²) in [5.74, 6) is -0.0197. The summed E-state index contributed by atoms with van der Waals surface area (Å²) >= 11 is 0. The van der Waals surface area contributed by atoms with Gasteiger partial charge in [0, 0.05) is 18.6 Å². The molecule has 1 N–H and O–H groups in total. The van der Waals surface area contributed by atoms with E-state index in [1.165, 1.54) is 19.4 Å². The molecule has 1 saturated carbocycles. The van der Waals surface area contributed by atoms with E-state index in [1.807, 2.05) is 0 Å². The molecule has 3 fully saturated rings. The van der Waals surface area contributed by atoms with E-state index in [0.29, 0.717) is 12.1 Å². The van der Waals surface area contributed by atoms with Crippen molar-refractivity contribution in [2.24, 2.45) is 5.41 Å². The van der Waals surface area contributed by atoms with Crippen molar-refractivity contribution >= 4 is 5.91 Å². The molecule has 3 rings (SSSR count). The number of nitriles is 1. The Hall–Kier alpha value is -1.08. The molecule has 0 aromatic heterocycles. The maximum atomic E-state index is 12.0. The van der Waals surface area contributed by atoms with E-state index < -0.39 is 5.41 Å². The van der Waals surface area contributed by atoms with Gasteiger partial charge in [-0.25, -0.2) is 0 Å². The van der Waals surface area contributed by atoms with Crippen molar-refractivity contribution in [2.45, 2.75) is 44.2 Å². The molecule has 4 heteroatoms. The van der Waals surface area contributed by atoms with E-state index in [-0.39, 0.29) is 5.91 Å². The number of carbonyl (C=O) groups excluding carboxylic acids is 1. The molecule has 0 aromatic rings. The van der Waals surface area contributed by atoms with Crippen molar-refractivity contribution < 1.29 is 4.79 Å². The largest absolute Gasteiger partial charge is 0.350 e. The number of nitrogens with one attached hydrogen (secondary N) is 1. The second kappa shape index (κ2) is 3.46. The Morgan fingerprint density at radius 2 is 2.19 bits per heavy atom. The van der Waals surface area contributed by atoms with Crippen molar-refractivity contribution in [3.05, 3.63) is 0 Å². The van der Waals surface area contributed by atoms with Gasteiger partial charge in [-0.15, -0.1) is 0 Å². The number of nitrogens with zero attached hydrogens (tertiary/aromatic N) is 2. The van der Waals surface area contributed by atoms with Gasteiger partial charge in [0.2, 0.25) is 5.91 Å². The zero-order chi connectivity index (χ0) is 11.2. The Bertz CT molecular complexity index is 356. The van der Waals surface area contributed by atoms with Crippen LogP contribution in [-0.2, 0) is 4.79 Å². The third-order valence-corrected chi connectivity index (χ3v) is 4.32. The highest BCUT2D eigenvalue weighted by Gasteiger charge is 2.52. The molecule has 1 amide bonds. The predicted molar refractivity (Wildman–Crippen MR) is 58.4 cm³/mol. The third kappa shape index (κ3) is 1.42.